The van der Waals surface area contributed by atoms with Gasteiger partial charge < -0.3 is 5.11 Å². The van der Waals surface area contributed by atoms with Crippen LogP contribution >= 0.6 is 0 Å². The van der Waals surface area contributed by atoms with Crippen molar-refractivity contribution in [1.29, 1.82) is 0 Å². The van der Waals surface area contributed by atoms with Gasteiger partial charge in [-0.15, -0.1) is 0 Å². The van der Waals surface area contributed by atoms with E-state index in [2.05, 4.69) is 18.2 Å². The molecule has 0 spiro atoms. The van der Waals surface area contributed by atoms with E-state index in [1.807, 2.05) is 18.2 Å². The molecule has 4 rings (SSSR count). The maximum atomic E-state index is 11.6. The molecule has 0 saturated heterocycles. The minimum absolute atomic E-state index is 0.317. The summed E-state index contributed by atoms with van der Waals surface area (Å²) in [6.45, 7) is 0. The van der Waals surface area contributed by atoms with Crippen LogP contribution in [0.2, 0.25) is 0 Å². The highest BCUT2D eigenvalue weighted by atomic mass is 16.3. The van der Waals surface area contributed by atoms with Crippen molar-refractivity contribution in [2.75, 3.05) is 0 Å². The molecule has 1 aliphatic carbocycles. The zero-order valence-electron chi connectivity index (χ0n) is 11.0. The fourth-order valence-corrected chi connectivity index (χ4v) is 3.29. The van der Waals surface area contributed by atoms with Gasteiger partial charge in [-0.1, -0.05) is 36.4 Å². The van der Waals surface area contributed by atoms with Crippen molar-refractivity contribution in [3.05, 3.63) is 53.6 Å². The molecule has 98 valence electrons. The van der Waals surface area contributed by atoms with E-state index in [-0.39, 0.29) is 0 Å². The van der Waals surface area contributed by atoms with Crippen molar-refractivity contribution in [3.8, 4) is 5.75 Å². The van der Waals surface area contributed by atoms with Crippen LogP contribution in [0.5, 0.6) is 5.75 Å². The van der Waals surface area contributed by atoms with Crippen LogP contribution in [0, 0.1) is 0 Å². The fraction of sp³-hybridized carbons (Fsp3) is 0.167. The summed E-state index contributed by atoms with van der Waals surface area (Å²) in [4.78, 5) is 11.6. The second-order valence-electron chi connectivity index (χ2n) is 5.45. The molecule has 2 heteroatoms. The molecular weight excluding hydrogens is 248 g/mol. The van der Waals surface area contributed by atoms with Gasteiger partial charge >= 0.3 is 0 Å². The van der Waals surface area contributed by atoms with Gasteiger partial charge in [0.25, 0.3) is 0 Å². The van der Waals surface area contributed by atoms with Gasteiger partial charge in [0.1, 0.15) is 11.5 Å². The van der Waals surface area contributed by atoms with Gasteiger partial charge in [0, 0.05) is 18.2 Å². The quantitative estimate of drug-likeness (QED) is 0.626. The third-order valence-corrected chi connectivity index (χ3v) is 4.29. The standard InChI is InChI=1S/C18H14O2/c19-12-5-7-13-11(10-12)4-6-16-14-2-1-3-18(20)17(14)9-8-15(13)16/h1-4,6,8-9,20H,5,7,10H2. The van der Waals surface area contributed by atoms with Crippen LogP contribution in [-0.2, 0) is 17.6 Å². The Morgan fingerprint density at radius 3 is 2.45 bits per heavy atom. The van der Waals surface area contributed by atoms with E-state index in [0.717, 1.165) is 28.1 Å². The second kappa shape index (κ2) is 4.07. The molecule has 0 saturated carbocycles. The van der Waals surface area contributed by atoms with Crippen molar-refractivity contribution in [2.45, 2.75) is 19.3 Å². The molecule has 0 fully saturated rings. The first kappa shape index (κ1) is 11.5. The van der Waals surface area contributed by atoms with Crippen LogP contribution < -0.4 is 0 Å². The Labute approximate surface area is 116 Å². The molecule has 0 heterocycles. The lowest BCUT2D eigenvalue weighted by atomic mass is 9.86. The average molecular weight is 262 g/mol. The SMILES string of the molecule is O=C1CCc2c(ccc3c2ccc2c(O)cccc23)C1. The maximum Gasteiger partial charge on any atom is 0.137 e. The van der Waals surface area contributed by atoms with Crippen LogP contribution in [0.4, 0.5) is 0 Å². The molecule has 2 nitrogen and oxygen atoms in total. The molecule has 0 amide bonds. The Kier molecular flexibility index (Phi) is 2.34. The number of phenols is 1. The first-order chi connectivity index (χ1) is 9.74. The van der Waals surface area contributed by atoms with Gasteiger partial charge in [-0.25, -0.2) is 0 Å². The molecule has 0 aliphatic heterocycles. The third-order valence-electron chi connectivity index (χ3n) is 4.29. The topological polar surface area (TPSA) is 37.3 Å². The minimum Gasteiger partial charge on any atom is -0.507 e. The second-order valence-corrected chi connectivity index (χ2v) is 5.45. The number of hydrogen-bond acceptors (Lipinski definition) is 2. The van der Waals surface area contributed by atoms with Crippen LogP contribution in [-0.4, -0.2) is 10.9 Å². The van der Waals surface area contributed by atoms with Crippen LogP contribution in [0.15, 0.2) is 42.5 Å². The Hall–Kier alpha value is -2.35. The number of carbonyl (C=O) groups excluding carboxylic acids is 1. The Balaban J connectivity index is 2.11. The van der Waals surface area contributed by atoms with Crippen molar-refractivity contribution >= 4 is 27.3 Å². The van der Waals surface area contributed by atoms with Gasteiger partial charge in [-0.2, -0.15) is 0 Å². The summed E-state index contributed by atoms with van der Waals surface area (Å²) in [6, 6.07) is 13.8. The summed E-state index contributed by atoms with van der Waals surface area (Å²) in [6.07, 6.45) is 2.03. The normalized spacial score (nSPS) is 14.7. The van der Waals surface area contributed by atoms with E-state index in [0.29, 0.717) is 24.4 Å². The number of ketones is 1. The predicted octanol–water partition coefficient (Wildman–Crippen LogP) is 3.76. The molecule has 0 atom stereocenters. The number of rotatable bonds is 0. The number of fused-ring (bicyclic) bond motifs is 5. The first-order valence-corrected chi connectivity index (χ1v) is 6.91. The van der Waals surface area contributed by atoms with Crippen LogP contribution in [0.25, 0.3) is 21.5 Å². The van der Waals surface area contributed by atoms with E-state index in [4.69, 9.17) is 0 Å². The van der Waals surface area contributed by atoms with Crippen LogP contribution in [0.1, 0.15) is 17.5 Å². The number of carbonyl (C=O) groups is 1. The van der Waals surface area contributed by atoms with Gasteiger partial charge in [0.2, 0.25) is 0 Å². The third kappa shape index (κ3) is 1.54. The lowest BCUT2D eigenvalue weighted by Gasteiger charge is -2.18. The van der Waals surface area contributed by atoms with Crippen molar-refractivity contribution in [1.82, 2.24) is 0 Å². The molecule has 3 aromatic rings. The first-order valence-electron chi connectivity index (χ1n) is 6.91. The van der Waals surface area contributed by atoms with Gasteiger partial charge in [-0.05, 0) is 39.8 Å². The molecule has 0 aromatic heterocycles. The summed E-state index contributed by atoms with van der Waals surface area (Å²) in [5, 5.41) is 14.3. The number of benzene rings is 3. The van der Waals surface area contributed by atoms with Gasteiger partial charge in [0.05, 0.1) is 0 Å². The zero-order valence-corrected chi connectivity index (χ0v) is 11.0. The molecule has 0 bridgehead atoms. The van der Waals surface area contributed by atoms with E-state index in [1.165, 1.54) is 10.9 Å². The summed E-state index contributed by atoms with van der Waals surface area (Å²) in [7, 11) is 0. The van der Waals surface area contributed by atoms with E-state index < -0.39 is 0 Å². The van der Waals surface area contributed by atoms with E-state index >= 15 is 0 Å². The number of aryl methyl sites for hydroxylation is 1. The summed E-state index contributed by atoms with van der Waals surface area (Å²) >= 11 is 0. The van der Waals surface area contributed by atoms with Gasteiger partial charge in [0.15, 0.2) is 0 Å². The van der Waals surface area contributed by atoms with Gasteiger partial charge in [-0.3, -0.25) is 4.79 Å². The summed E-state index contributed by atoms with van der Waals surface area (Å²) < 4.78 is 0. The molecule has 1 aliphatic rings. The molecule has 3 aromatic carbocycles. The number of hydrogen-bond donors (Lipinski definition) is 1. The summed E-state index contributed by atoms with van der Waals surface area (Å²) in [5.41, 5.74) is 2.46. The smallest absolute Gasteiger partial charge is 0.137 e. The highest BCUT2D eigenvalue weighted by Crippen LogP contribution is 2.35. The Bertz CT molecular complexity index is 862. The summed E-state index contributed by atoms with van der Waals surface area (Å²) in [5.74, 6) is 0.646. The van der Waals surface area contributed by atoms with Crippen LogP contribution in [0.3, 0.4) is 0 Å². The lowest BCUT2D eigenvalue weighted by Crippen LogP contribution is -2.13. The van der Waals surface area contributed by atoms with Crippen molar-refractivity contribution < 1.29 is 9.90 Å². The van der Waals surface area contributed by atoms with E-state index in [1.54, 1.807) is 6.07 Å². The molecule has 0 unspecified atom stereocenters. The number of aromatic hydroxyl groups is 1. The molecule has 20 heavy (non-hydrogen) atoms. The minimum atomic E-state index is 0.317. The Morgan fingerprint density at radius 2 is 1.55 bits per heavy atom. The molecule has 0 radical (unpaired) electrons. The van der Waals surface area contributed by atoms with E-state index in [9.17, 15) is 9.90 Å². The van der Waals surface area contributed by atoms with Crippen molar-refractivity contribution in [2.24, 2.45) is 0 Å². The Morgan fingerprint density at radius 1 is 0.800 bits per heavy atom. The highest BCUT2D eigenvalue weighted by molar-refractivity contribution is 6.10. The molecule has 1 N–H and O–H groups in total. The average Bonchev–Trinajstić information content (AvgIpc) is 2.46. The molecular formula is C18H14O2. The zero-order chi connectivity index (χ0) is 13.7. The number of phenolic OH excluding ortho intramolecular Hbond substituents is 1. The lowest BCUT2D eigenvalue weighted by molar-refractivity contribution is -0.118. The van der Waals surface area contributed by atoms with Crippen molar-refractivity contribution in [3.63, 3.8) is 0 Å². The predicted molar refractivity (Wildman–Crippen MR) is 80.2 cm³/mol. The fourth-order valence-electron chi connectivity index (χ4n) is 3.29. The monoisotopic (exact) mass is 262 g/mol. The maximum absolute atomic E-state index is 11.6. The largest absolute Gasteiger partial charge is 0.507 e. The number of Topliss-reactive ketones (excluding diaryl/α,β-unsaturated/α-hetero) is 1. The highest BCUT2D eigenvalue weighted by Gasteiger charge is 2.18.